The van der Waals surface area contributed by atoms with Crippen LogP contribution in [0.25, 0.3) is 11.3 Å². The molecule has 3 aromatic carbocycles. The van der Waals surface area contributed by atoms with E-state index in [0.29, 0.717) is 37.5 Å². The van der Waals surface area contributed by atoms with E-state index in [-0.39, 0.29) is 5.91 Å². The van der Waals surface area contributed by atoms with E-state index >= 15 is 0 Å². The lowest BCUT2D eigenvalue weighted by Crippen LogP contribution is -2.28. The van der Waals surface area contributed by atoms with Gasteiger partial charge in [0.15, 0.2) is 6.10 Å². The van der Waals surface area contributed by atoms with E-state index in [1.165, 1.54) is 7.11 Å². The summed E-state index contributed by atoms with van der Waals surface area (Å²) in [6, 6.07) is 30.2. The molecule has 0 saturated carbocycles. The zero-order valence-electron chi connectivity index (χ0n) is 21.2. The standard InChI is InChI=1S/C31H30N2O5/c1-36-31(35)29(38-22-24-7-3-2-4-8-24)21-23-10-16-27(17-11-23)37-20-19-33-30(34)26-14-12-25(13-15-26)28-9-5-6-18-32-28/h2-18,29H,19-22H2,1H3,(H,33,34). The fourth-order valence-electron chi connectivity index (χ4n) is 3.81. The van der Waals surface area contributed by atoms with Gasteiger partial charge in [0.25, 0.3) is 5.91 Å². The maximum atomic E-state index is 12.4. The maximum absolute atomic E-state index is 12.4. The number of methoxy groups -OCH3 is 1. The van der Waals surface area contributed by atoms with Crippen LogP contribution in [0.5, 0.6) is 5.75 Å². The summed E-state index contributed by atoms with van der Waals surface area (Å²) in [5.74, 6) is 0.0896. The monoisotopic (exact) mass is 510 g/mol. The predicted molar refractivity (Wildman–Crippen MR) is 145 cm³/mol. The molecule has 1 amide bonds. The van der Waals surface area contributed by atoms with Crippen molar-refractivity contribution in [2.45, 2.75) is 19.1 Å². The molecule has 1 atom stereocenters. The Morgan fingerprint density at radius 1 is 0.842 bits per heavy atom. The quantitative estimate of drug-likeness (QED) is 0.216. The van der Waals surface area contributed by atoms with Gasteiger partial charge in [-0.2, -0.15) is 0 Å². The number of pyridine rings is 1. The van der Waals surface area contributed by atoms with Gasteiger partial charge in [-0.25, -0.2) is 4.79 Å². The average molecular weight is 511 g/mol. The lowest BCUT2D eigenvalue weighted by Gasteiger charge is -2.16. The Bertz CT molecular complexity index is 1290. The van der Waals surface area contributed by atoms with Crippen molar-refractivity contribution in [3.05, 3.63) is 120 Å². The molecule has 0 aliphatic rings. The molecule has 4 rings (SSSR count). The third kappa shape index (κ3) is 7.75. The van der Waals surface area contributed by atoms with Crippen molar-refractivity contribution in [3.8, 4) is 17.0 Å². The molecule has 0 aliphatic heterocycles. The largest absolute Gasteiger partial charge is 0.492 e. The Hall–Kier alpha value is -4.49. The second-order valence-corrected chi connectivity index (χ2v) is 8.55. The van der Waals surface area contributed by atoms with Gasteiger partial charge < -0.3 is 19.5 Å². The summed E-state index contributed by atoms with van der Waals surface area (Å²) in [5, 5.41) is 2.86. The van der Waals surface area contributed by atoms with Crippen molar-refractivity contribution in [2.24, 2.45) is 0 Å². The highest BCUT2D eigenvalue weighted by atomic mass is 16.6. The number of ether oxygens (including phenoxy) is 3. The number of aromatic nitrogens is 1. The summed E-state index contributed by atoms with van der Waals surface area (Å²) in [4.78, 5) is 29.0. The SMILES string of the molecule is COC(=O)C(Cc1ccc(OCCNC(=O)c2ccc(-c3ccccn3)cc2)cc1)OCc1ccccc1. The number of hydrogen-bond acceptors (Lipinski definition) is 6. The smallest absolute Gasteiger partial charge is 0.335 e. The molecule has 1 unspecified atom stereocenters. The van der Waals surface area contributed by atoms with E-state index in [2.05, 4.69) is 10.3 Å². The molecule has 1 heterocycles. The molecule has 194 valence electrons. The summed E-state index contributed by atoms with van der Waals surface area (Å²) >= 11 is 0. The summed E-state index contributed by atoms with van der Waals surface area (Å²) in [7, 11) is 1.36. The van der Waals surface area contributed by atoms with Gasteiger partial charge in [0.05, 0.1) is 26.0 Å². The summed E-state index contributed by atoms with van der Waals surface area (Å²) in [5.41, 5.74) is 4.29. The van der Waals surface area contributed by atoms with E-state index < -0.39 is 12.1 Å². The van der Waals surface area contributed by atoms with Crippen molar-refractivity contribution in [3.63, 3.8) is 0 Å². The van der Waals surface area contributed by atoms with Gasteiger partial charge in [0.1, 0.15) is 12.4 Å². The Morgan fingerprint density at radius 2 is 1.58 bits per heavy atom. The van der Waals surface area contributed by atoms with E-state index in [1.807, 2.05) is 84.9 Å². The first-order valence-electron chi connectivity index (χ1n) is 12.4. The third-order valence-corrected chi connectivity index (χ3v) is 5.87. The van der Waals surface area contributed by atoms with E-state index in [0.717, 1.165) is 22.4 Å². The number of nitrogens with zero attached hydrogens (tertiary/aromatic N) is 1. The number of carbonyl (C=O) groups excluding carboxylic acids is 2. The fraction of sp³-hybridized carbons (Fsp3) is 0.194. The highest BCUT2D eigenvalue weighted by molar-refractivity contribution is 5.94. The first kappa shape index (κ1) is 26.6. The van der Waals surface area contributed by atoms with Gasteiger partial charge in [0.2, 0.25) is 0 Å². The lowest BCUT2D eigenvalue weighted by molar-refractivity contribution is -0.154. The van der Waals surface area contributed by atoms with Crippen LogP contribution in [-0.2, 0) is 27.3 Å². The highest BCUT2D eigenvalue weighted by Crippen LogP contribution is 2.18. The van der Waals surface area contributed by atoms with Crippen LogP contribution in [0.2, 0.25) is 0 Å². The molecule has 1 N–H and O–H groups in total. The average Bonchev–Trinajstić information content (AvgIpc) is 2.98. The number of rotatable bonds is 12. The molecule has 0 radical (unpaired) electrons. The van der Waals surface area contributed by atoms with Crippen LogP contribution in [0, 0.1) is 0 Å². The molecule has 1 aromatic heterocycles. The number of carbonyl (C=O) groups is 2. The van der Waals surface area contributed by atoms with E-state index in [4.69, 9.17) is 14.2 Å². The molecular formula is C31H30N2O5. The van der Waals surface area contributed by atoms with Gasteiger partial charge in [-0.05, 0) is 47.5 Å². The summed E-state index contributed by atoms with van der Waals surface area (Å²) in [6.07, 6.45) is 1.42. The highest BCUT2D eigenvalue weighted by Gasteiger charge is 2.20. The lowest BCUT2D eigenvalue weighted by atomic mass is 10.1. The van der Waals surface area contributed by atoms with Gasteiger partial charge in [-0.3, -0.25) is 9.78 Å². The Morgan fingerprint density at radius 3 is 2.26 bits per heavy atom. The molecule has 0 spiro atoms. The van der Waals surface area contributed by atoms with Crippen molar-refractivity contribution in [2.75, 3.05) is 20.3 Å². The molecule has 0 aliphatic carbocycles. The molecule has 7 nitrogen and oxygen atoms in total. The molecule has 0 bridgehead atoms. The summed E-state index contributed by atoms with van der Waals surface area (Å²) < 4.78 is 16.5. The third-order valence-electron chi connectivity index (χ3n) is 5.87. The summed E-state index contributed by atoms with van der Waals surface area (Å²) in [6.45, 7) is 1.00. The van der Waals surface area contributed by atoms with Gasteiger partial charge in [0, 0.05) is 23.7 Å². The van der Waals surface area contributed by atoms with Crippen LogP contribution in [-0.4, -0.2) is 43.2 Å². The minimum Gasteiger partial charge on any atom is -0.492 e. The zero-order valence-corrected chi connectivity index (χ0v) is 21.2. The number of hydrogen-bond donors (Lipinski definition) is 1. The second kappa shape index (κ2) is 13.7. The first-order chi connectivity index (χ1) is 18.6. The molecule has 0 saturated heterocycles. The van der Waals surface area contributed by atoms with E-state index in [9.17, 15) is 9.59 Å². The number of esters is 1. The molecule has 4 aromatic rings. The maximum Gasteiger partial charge on any atom is 0.335 e. The topological polar surface area (TPSA) is 86.8 Å². The van der Waals surface area contributed by atoms with Crippen molar-refractivity contribution in [1.82, 2.24) is 10.3 Å². The number of amides is 1. The van der Waals surface area contributed by atoms with Crippen molar-refractivity contribution < 1.29 is 23.8 Å². The predicted octanol–water partition coefficient (Wildman–Crippen LogP) is 4.86. The van der Waals surface area contributed by atoms with Gasteiger partial charge in [-0.15, -0.1) is 0 Å². The minimum absolute atomic E-state index is 0.166. The van der Waals surface area contributed by atoms with Crippen LogP contribution in [0.3, 0.4) is 0 Å². The van der Waals surface area contributed by atoms with E-state index in [1.54, 1.807) is 18.3 Å². The van der Waals surface area contributed by atoms with Crippen LogP contribution in [0.15, 0.2) is 103 Å². The Balaban J connectivity index is 1.21. The molecule has 38 heavy (non-hydrogen) atoms. The molecular weight excluding hydrogens is 480 g/mol. The Labute approximate surface area is 222 Å². The number of benzene rings is 3. The first-order valence-corrected chi connectivity index (χ1v) is 12.4. The minimum atomic E-state index is -0.708. The van der Waals surface area contributed by atoms with Crippen molar-refractivity contribution >= 4 is 11.9 Å². The fourth-order valence-corrected chi connectivity index (χ4v) is 3.81. The normalized spacial score (nSPS) is 11.4. The number of nitrogens with one attached hydrogen (secondary N) is 1. The zero-order chi connectivity index (χ0) is 26.6. The van der Waals surface area contributed by atoms with Crippen LogP contribution in [0.4, 0.5) is 0 Å². The van der Waals surface area contributed by atoms with Crippen LogP contribution < -0.4 is 10.1 Å². The van der Waals surface area contributed by atoms with Crippen LogP contribution in [0.1, 0.15) is 21.5 Å². The van der Waals surface area contributed by atoms with Gasteiger partial charge in [-0.1, -0.05) is 60.7 Å². The Kier molecular flexibility index (Phi) is 9.59. The molecule has 0 fully saturated rings. The molecule has 7 heteroatoms. The second-order valence-electron chi connectivity index (χ2n) is 8.55. The van der Waals surface area contributed by atoms with Crippen LogP contribution >= 0.6 is 0 Å². The van der Waals surface area contributed by atoms with Crippen molar-refractivity contribution in [1.29, 1.82) is 0 Å². The van der Waals surface area contributed by atoms with Gasteiger partial charge >= 0.3 is 5.97 Å².